The van der Waals surface area contributed by atoms with Crippen molar-refractivity contribution in [2.75, 3.05) is 6.54 Å². The van der Waals surface area contributed by atoms with Crippen LogP contribution in [0.25, 0.3) is 10.2 Å². The lowest BCUT2D eigenvalue weighted by Crippen LogP contribution is -2.18. The molecule has 4 heteroatoms. The first kappa shape index (κ1) is 13.8. The van der Waals surface area contributed by atoms with Gasteiger partial charge in [-0.1, -0.05) is 25.4 Å². The first-order valence-corrected chi connectivity index (χ1v) is 7.53. The molecule has 1 unspecified atom stereocenters. The maximum absolute atomic E-state index is 5.97. The van der Waals surface area contributed by atoms with Crippen LogP contribution in [0.1, 0.15) is 25.3 Å². The van der Waals surface area contributed by atoms with Gasteiger partial charge in [-0.3, -0.25) is 0 Å². The molecule has 0 radical (unpaired) electrons. The Balaban J connectivity index is 2.15. The van der Waals surface area contributed by atoms with Crippen LogP contribution in [0.2, 0.25) is 5.02 Å². The Kier molecular flexibility index (Phi) is 4.60. The van der Waals surface area contributed by atoms with Crippen molar-refractivity contribution >= 4 is 33.2 Å². The van der Waals surface area contributed by atoms with Crippen LogP contribution in [0, 0.1) is 11.8 Å². The maximum atomic E-state index is 5.97. The molecule has 2 N–H and O–H groups in total. The number of hydrogen-bond acceptors (Lipinski definition) is 3. The fourth-order valence-electron chi connectivity index (χ4n) is 2.21. The van der Waals surface area contributed by atoms with E-state index < -0.39 is 0 Å². The van der Waals surface area contributed by atoms with Gasteiger partial charge in [-0.2, -0.15) is 0 Å². The number of nitrogens with two attached hydrogens (primary N) is 1. The summed E-state index contributed by atoms with van der Waals surface area (Å²) in [5.41, 5.74) is 6.85. The fraction of sp³-hybridized carbons (Fsp3) is 0.500. The molecule has 2 aromatic rings. The van der Waals surface area contributed by atoms with E-state index in [1.165, 1.54) is 9.71 Å². The van der Waals surface area contributed by atoms with Crippen LogP contribution in [0.5, 0.6) is 0 Å². The molecule has 0 fully saturated rings. The standard InChI is InChI=1S/C14H19ClN2S/c1-9(2)5-10(8-16)6-14-17-12-7-11(15)3-4-13(12)18-14/h3-4,7,9-10H,5-6,8,16H2,1-2H3. The van der Waals surface area contributed by atoms with Crippen LogP contribution in [0.4, 0.5) is 0 Å². The largest absolute Gasteiger partial charge is 0.330 e. The summed E-state index contributed by atoms with van der Waals surface area (Å²) in [6.45, 7) is 5.20. The Morgan fingerprint density at radius 1 is 1.39 bits per heavy atom. The molecule has 0 spiro atoms. The molecule has 0 amide bonds. The van der Waals surface area contributed by atoms with E-state index in [9.17, 15) is 0 Å². The monoisotopic (exact) mass is 282 g/mol. The molecule has 0 saturated heterocycles. The lowest BCUT2D eigenvalue weighted by atomic mass is 9.94. The van der Waals surface area contributed by atoms with Gasteiger partial charge < -0.3 is 5.73 Å². The molecule has 2 nitrogen and oxygen atoms in total. The van der Waals surface area contributed by atoms with Crippen molar-refractivity contribution in [1.82, 2.24) is 4.98 Å². The molecule has 0 aliphatic carbocycles. The number of benzene rings is 1. The summed E-state index contributed by atoms with van der Waals surface area (Å²) < 4.78 is 1.20. The molecule has 0 bridgehead atoms. The minimum absolute atomic E-state index is 0.529. The van der Waals surface area contributed by atoms with Crippen LogP contribution >= 0.6 is 22.9 Å². The van der Waals surface area contributed by atoms with E-state index in [-0.39, 0.29) is 0 Å². The van der Waals surface area contributed by atoms with Gasteiger partial charge in [0.15, 0.2) is 0 Å². The molecule has 1 aromatic heterocycles. The van der Waals surface area contributed by atoms with Crippen LogP contribution in [-0.2, 0) is 6.42 Å². The zero-order valence-corrected chi connectivity index (χ0v) is 12.4. The Bertz CT molecular complexity index is 521. The summed E-state index contributed by atoms with van der Waals surface area (Å²) in [5, 5.41) is 1.92. The topological polar surface area (TPSA) is 38.9 Å². The summed E-state index contributed by atoms with van der Waals surface area (Å²) in [6, 6.07) is 5.88. The van der Waals surface area contributed by atoms with Gasteiger partial charge in [0.05, 0.1) is 15.2 Å². The number of nitrogens with zero attached hydrogens (tertiary/aromatic N) is 1. The molecule has 0 aliphatic rings. The van der Waals surface area contributed by atoms with Gasteiger partial charge in [-0.05, 0) is 43.0 Å². The highest BCUT2D eigenvalue weighted by atomic mass is 35.5. The number of halogens is 1. The molecule has 98 valence electrons. The van der Waals surface area contributed by atoms with Gasteiger partial charge in [0.25, 0.3) is 0 Å². The Morgan fingerprint density at radius 3 is 2.83 bits per heavy atom. The summed E-state index contributed by atoms with van der Waals surface area (Å²) in [6.07, 6.45) is 2.14. The number of thiazole rings is 1. The minimum atomic E-state index is 0.529. The van der Waals surface area contributed by atoms with Crippen molar-refractivity contribution in [3.05, 3.63) is 28.2 Å². The molecule has 0 aliphatic heterocycles. The van der Waals surface area contributed by atoms with Crippen LogP contribution in [0.15, 0.2) is 18.2 Å². The normalized spacial score (nSPS) is 13.4. The highest BCUT2D eigenvalue weighted by Crippen LogP contribution is 2.27. The van der Waals surface area contributed by atoms with E-state index in [1.807, 2.05) is 18.2 Å². The molecule has 0 saturated carbocycles. The maximum Gasteiger partial charge on any atom is 0.0941 e. The third-order valence-corrected chi connectivity index (χ3v) is 4.29. The van der Waals surface area contributed by atoms with E-state index in [2.05, 4.69) is 18.8 Å². The Labute approximate surface area is 117 Å². The lowest BCUT2D eigenvalue weighted by molar-refractivity contribution is 0.415. The average Bonchev–Trinajstić information content (AvgIpc) is 2.68. The molecular weight excluding hydrogens is 264 g/mol. The van der Waals surface area contributed by atoms with E-state index in [4.69, 9.17) is 17.3 Å². The summed E-state index contributed by atoms with van der Waals surface area (Å²) in [7, 11) is 0. The molecule has 1 atom stereocenters. The van der Waals surface area contributed by atoms with Gasteiger partial charge in [0.2, 0.25) is 0 Å². The predicted octanol–water partition coefficient (Wildman–Crippen LogP) is 4.11. The number of rotatable bonds is 5. The van der Waals surface area contributed by atoms with Crippen LogP contribution < -0.4 is 5.73 Å². The van der Waals surface area contributed by atoms with Gasteiger partial charge in [0, 0.05) is 11.4 Å². The lowest BCUT2D eigenvalue weighted by Gasteiger charge is -2.15. The average molecular weight is 283 g/mol. The quantitative estimate of drug-likeness (QED) is 0.896. The second-order valence-electron chi connectivity index (χ2n) is 5.16. The van der Waals surface area contributed by atoms with Gasteiger partial charge >= 0.3 is 0 Å². The number of fused-ring (bicyclic) bond motifs is 1. The number of aromatic nitrogens is 1. The van der Waals surface area contributed by atoms with Crippen molar-refractivity contribution in [3.63, 3.8) is 0 Å². The zero-order chi connectivity index (χ0) is 13.1. The molecule has 2 rings (SSSR count). The molecule has 1 aromatic carbocycles. The van der Waals surface area contributed by atoms with E-state index in [0.717, 1.165) is 29.9 Å². The molecule has 1 heterocycles. The third-order valence-electron chi connectivity index (χ3n) is 3.00. The van der Waals surface area contributed by atoms with E-state index >= 15 is 0 Å². The first-order valence-electron chi connectivity index (χ1n) is 6.33. The Hall–Kier alpha value is -0.640. The summed E-state index contributed by atoms with van der Waals surface area (Å²) >= 11 is 7.73. The minimum Gasteiger partial charge on any atom is -0.330 e. The van der Waals surface area contributed by atoms with Gasteiger partial charge in [-0.15, -0.1) is 11.3 Å². The predicted molar refractivity (Wildman–Crippen MR) is 80.3 cm³/mol. The highest BCUT2D eigenvalue weighted by molar-refractivity contribution is 7.18. The molecule has 18 heavy (non-hydrogen) atoms. The Morgan fingerprint density at radius 2 is 2.17 bits per heavy atom. The third kappa shape index (κ3) is 3.44. The second-order valence-corrected chi connectivity index (χ2v) is 6.71. The summed E-state index contributed by atoms with van der Waals surface area (Å²) in [5.74, 6) is 1.21. The first-order chi connectivity index (χ1) is 8.58. The van der Waals surface area contributed by atoms with E-state index in [1.54, 1.807) is 11.3 Å². The summed E-state index contributed by atoms with van der Waals surface area (Å²) in [4.78, 5) is 4.65. The molecular formula is C14H19ClN2S. The SMILES string of the molecule is CC(C)CC(CN)Cc1nc2cc(Cl)ccc2s1. The van der Waals surface area contributed by atoms with Crippen molar-refractivity contribution in [3.8, 4) is 0 Å². The van der Waals surface area contributed by atoms with Crippen LogP contribution in [0.3, 0.4) is 0 Å². The smallest absolute Gasteiger partial charge is 0.0941 e. The van der Waals surface area contributed by atoms with Crippen LogP contribution in [-0.4, -0.2) is 11.5 Å². The van der Waals surface area contributed by atoms with Crippen molar-refractivity contribution in [2.24, 2.45) is 17.6 Å². The second kappa shape index (κ2) is 6.00. The zero-order valence-electron chi connectivity index (χ0n) is 10.8. The van der Waals surface area contributed by atoms with Gasteiger partial charge in [0.1, 0.15) is 0 Å². The fourth-order valence-corrected chi connectivity index (χ4v) is 3.44. The highest BCUT2D eigenvalue weighted by Gasteiger charge is 2.13. The van der Waals surface area contributed by atoms with E-state index in [0.29, 0.717) is 11.8 Å². The van der Waals surface area contributed by atoms with Crippen molar-refractivity contribution in [2.45, 2.75) is 26.7 Å². The number of hydrogen-bond donors (Lipinski definition) is 1. The van der Waals surface area contributed by atoms with Crippen molar-refractivity contribution in [1.29, 1.82) is 0 Å². The van der Waals surface area contributed by atoms with Crippen molar-refractivity contribution < 1.29 is 0 Å². The van der Waals surface area contributed by atoms with Gasteiger partial charge in [-0.25, -0.2) is 4.98 Å².